The molecule has 8 heteroatoms. The molecular weight excluding hydrogens is 428 g/mol. The molecule has 4 aromatic rings. The summed E-state index contributed by atoms with van der Waals surface area (Å²) in [5.74, 6) is 0.587. The lowest BCUT2D eigenvalue weighted by atomic mass is 10.1. The summed E-state index contributed by atoms with van der Waals surface area (Å²) in [6, 6.07) is 19.1. The van der Waals surface area contributed by atoms with Gasteiger partial charge in [0.15, 0.2) is 0 Å². The number of hydrogen-bond acceptors (Lipinski definition) is 4. The van der Waals surface area contributed by atoms with Crippen LogP contribution < -0.4 is 20.9 Å². The molecule has 162 valence electrons. The molecule has 4 rings (SSSR count). The van der Waals surface area contributed by atoms with Gasteiger partial charge in [0, 0.05) is 23.6 Å². The molecule has 2 heterocycles. The van der Waals surface area contributed by atoms with E-state index in [9.17, 15) is 9.59 Å². The van der Waals surface area contributed by atoms with Crippen LogP contribution in [0.3, 0.4) is 0 Å². The van der Waals surface area contributed by atoms with Crippen molar-refractivity contribution < 1.29 is 9.53 Å². The Kier molecular flexibility index (Phi) is 6.37. The molecule has 0 atom stereocenters. The molecule has 2 aromatic heterocycles. The number of aryl methyl sites for hydroxylation is 1. The largest absolute Gasteiger partial charge is 0.487 e. The fourth-order valence-electron chi connectivity index (χ4n) is 3.11. The van der Waals surface area contributed by atoms with Crippen LogP contribution >= 0.6 is 11.6 Å². The highest BCUT2D eigenvalue weighted by molar-refractivity contribution is 6.30. The number of fused-ring (bicyclic) bond motifs is 1. The lowest BCUT2D eigenvalue weighted by Gasteiger charge is -2.10. The number of carbonyl (C=O) groups is 1. The minimum absolute atomic E-state index is 0.134. The maximum Gasteiger partial charge on any atom is 0.323 e. The molecule has 0 spiro atoms. The van der Waals surface area contributed by atoms with Crippen molar-refractivity contribution >= 4 is 34.7 Å². The standard InChI is InChI=1S/C24H21ClN4O3/c1-2-16-3-6-18(7-4-16)27-24(31)28-19-8-10-21(11-9-19)32-15-20-13-23(30)29-14-17(25)5-12-22(29)26-20/h3-14H,2,15H2,1H3,(H2,27,28,31). The van der Waals surface area contributed by atoms with Gasteiger partial charge in [0.05, 0.1) is 10.7 Å². The zero-order valence-electron chi connectivity index (χ0n) is 17.3. The average Bonchev–Trinajstić information content (AvgIpc) is 2.79. The van der Waals surface area contributed by atoms with Gasteiger partial charge in [-0.2, -0.15) is 0 Å². The van der Waals surface area contributed by atoms with E-state index < -0.39 is 0 Å². The zero-order valence-corrected chi connectivity index (χ0v) is 18.1. The van der Waals surface area contributed by atoms with Crippen LogP contribution in [-0.2, 0) is 13.0 Å². The molecule has 0 saturated carbocycles. The van der Waals surface area contributed by atoms with Gasteiger partial charge in [-0.25, -0.2) is 9.78 Å². The summed E-state index contributed by atoms with van der Waals surface area (Å²) < 4.78 is 7.12. The van der Waals surface area contributed by atoms with E-state index in [0.717, 1.165) is 12.1 Å². The molecule has 2 amide bonds. The molecule has 2 aromatic carbocycles. The molecule has 32 heavy (non-hydrogen) atoms. The van der Waals surface area contributed by atoms with Gasteiger partial charge in [-0.1, -0.05) is 30.7 Å². The fourth-order valence-corrected chi connectivity index (χ4v) is 3.27. The van der Waals surface area contributed by atoms with E-state index in [0.29, 0.717) is 27.8 Å². The summed E-state index contributed by atoms with van der Waals surface area (Å²) in [7, 11) is 0. The van der Waals surface area contributed by atoms with Gasteiger partial charge in [0.25, 0.3) is 5.56 Å². The molecule has 0 aliphatic carbocycles. The number of amides is 2. The van der Waals surface area contributed by atoms with Gasteiger partial charge in [-0.05, 0) is 60.5 Å². The summed E-state index contributed by atoms with van der Waals surface area (Å²) in [4.78, 5) is 28.8. The van der Waals surface area contributed by atoms with Crippen LogP contribution in [0.4, 0.5) is 16.2 Å². The predicted octanol–water partition coefficient (Wildman–Crippen LogP) is 5.13. The molecule has 2 N–H and O–H groups in total. The van der Waals surface area contributed by atoms with Crippen molar-refractivity contribution in [1.29, 1.82) is 0 Å². The Balaban J connectivity index is 1.34. The van der Waals surface area contributed by atoms with E-state index in [1.165, 1.54) is 22.2 Å². The number of anilines is 2. The number of nitrogens with one attached hydrogen (secondary N) is 2. The van der Waals surface area contributed by atoms with E-state index >= 15 is 0 Å². The van der Waals surface area contributed by atoms with Crippen LogP contribution in [-0.4, -0.2) is 15.4 Å². The second-order valence-corrected chi connectivity index (χ2v) is 7.54. The van der Waals surface area contributed by atoms with Crippen LogP contribution in [0.25, 0.3) is 5.65 Å². The highest BCUT2D eigenvalue weighted by Gasteiger charge is 2.06. The van der Waals surface area contributed by atoms with Gasteiger partial charge in [0.1, 0.15) is 18.0 Å². The molecule has 0 unspecified atom stereocenters. The summed E-state index contributed by atoms with van der Waals surface area (Å²) in [6.45, 7) is 2.22. The maximum atomic E-state index is 12.2. The molecule has 0 fully saturated rings. The number of urea groups is 1. The number of pyridine rings is 1. The summed E-state index contributed by atoms with van der Waals surface area (Å²) >= 11 is 5.93. The number of rotatable bonds is 6. The highest BCUT2D eigenvalue weighted by Crippen LogP contribution is 2.18. The monoisotopic (exact) mass is 448 g/mol. The van der Waals surface area contributed by atoms with Crippen LogP contribution in [0, 0.1) is 0 Å². The van der Waals surface area contributed by atoms with Crippen molar-refractivity contribution in [3.63, 3.8) is 0 Å². The Bertz CT molecular complexity index is 1300. The molecule has 7 nitrogen and oxygen atoms in total. The Morgan fingerprint density at radius 3 is 2.31 bits per heavy atom. The van der Waals surface area contributed by atoms with Crippen molar-refractivity contribution in [2.45, 2.75) is 20.0 Å². The molecule has 0 bridgehead atoms. The minimum atomic E-state index is -0.330. The van der Waals surface area contributed by atoms with Gasteiger partial charge in [-0.3, -0.25) is 9.20 Å². The van der Waals surface area contributed by atoms with Crippen LogP contribution in [0.5, 0.6) is 5.75 Å². The second kappa shape index (κ2) is 9.53. The van der Waals surface area contributed by atoms with Crippen molar-refractivity contribution in [2.75, 3.05) is 10.6 Å². The number of benzene rings is 2. The number of ether oxygens (including phenoxy) is 1. The molecule has 0 saturated heterocycles. The minimum Gasteiger partial charge on any atom is -0.487 e. The average molecular weight is 449 g/mol. The first kappa shape index (κ1) is 21.4. The Morgan fingerprint density at radius 1 is 1.00 bits per heavy atom. The van der Waals surface area contributed by atoms with E-state index in [1.807, 2.05) is 24.3 Å². The number of carbonyl (C=O) groups excluding carboxylic acids is 1. The number of aromatic nitrogens is 2. The number of nitrogens with zero attached hydrogens (tertiary/aromatic N) is 2. The van der Waals surface area contributed by atoms with Crippen LogP contribution in [0.15, 0.2) is 77.7 Å². The molecule has 0 aliphatic heterocycles. The maximum absolute atomic E-state index is 12.2. The number of hydrogen-bond donors (Lipinski definition) is 2. The first-order chi connectivity index (χ1) is 15.5. The van der Waals surface area contributed by atoms with Crippen molar-refractivity contribution in [2.24, 2.45) is 0 Å². The van der Waals surface area contributed by atoms with Gasteiger partial charge in [0.2, 0.25) is 0 Å². The first-order valence-electron chi connectivity index (χ1n) is 10.1. The summed E-state index contributed by atoms with van der Waals surface area (Å²) in [5, 5.41) is 6.04. The topological polar surface area (TPSA) is 84.7 Å². The van der Waals surface area contributed by atoms with E-state index in [-0.39, 0.29) is 18.2 Å². The lowest BCUT2D eigenvalue weighted by Crippen LogP contribution is -2.19. The highest BCUT2D eigenvalue weighted by atomic mass is 35.5. The second-order valence-electron chi connectivity index (χ2n) is 7.10. The molecule has 0 aliphatic rings. The summed E-state index contributed by atoms with van der Waals surface area (Å²) in [5.41, 5.74) is 3.33. The van der Waals surface area contributed by atoms with E-state index in [1.54, 1.807) is 36.4 Å². The van der Waals surface area contributed by atoms with Gasteiger partial charge in [-0.15, -0.1) is 0 Å². The fraction of sp³-hybridized carbons (Fsp3) is 0.125. The van der Waals surface area contributed by atoms with Crippen LogP contribution in [0.1, 0.15) is 18.2 Å². The third kappa shape index (κ3) is 5.25. The third-order valence-electron chi connectivity index (χ3n) is 4.80. The smallest absolute Gasteiger partial charge is 0.323 e. The Morgan fingerprint density at radius 2 is 1.66 bits per heavy atom. The van der Waals surface area contributed by atoms with Crippen molar-refractivity contribution in [1.82, 2.24) is 9.38 Å². The van der Waals surface area contributed by atoms with E-state index in [2.05, 4.69) is 22.5 Å². The predicted molar refractivity (Wildman–Crippen MR) is 126 cm³/mol. The number of halogens is 1. The molecular formula is C24H21ClN4O3. The zero-order chi connectivity index (χ0) is 22.5. The molecule has 0 radical (unpaired) electrons. The quantitative estimate of drug-likeness (QED) is 0.428. The van der Waals surface area contributed by atoms with Crippen LogP contribution in [0.2, 0.25) is 5.02 Å². The van der Waals surface area contributed by atoms with Crippen molar-refractivity contribution in [3.05, 3.63) is 99.6 Å². The third-order valence-corrected chi connectivity index (χ3v) is 5.02. The Labute approximate surface area is 189 Å². The van der Waals surface area contributed by atoms with E-state index in [4.69, 9.17) is 16.3 Å². The van der Waals surface area contributed by atoms with Gasteiger partial charge < -0.3 is 15.4 Å². The normalized spacial score (nSPS) is 10.7. The summed E-state index contributed by atoms with van der Waals surface area (Å²) in [6.07, 6.45) is 2.47. The van der Waals surface area contributed by atoms with Crippen molar-refractivity contribution in [3.8, 4) is 5.75 Å². The van der Waals surface area contributed by atoms with Gasteiger partial charge >= 0.3 is 6.03 Å². The Hall–Kier alpha value is -3.84. The SMILES string of the molecule is CCc1ccc(NC(=O)Nc2ccc(OCc3cc(=O)n4cc(Cl)ccc4n3)cc2)cc1. The first-order valence-corrected chi connectivity index (χ1v) is 10.5. The lowest BCUT2D eigenvalue weighted by molar-refractivity contribution is 0.262.